The lowest BCUT2D eigenvalue weighted by molar-refractivity contribution is -0.385. The highest BCUT2D eigenvalue weighted by Gasteiger charge is 2.21. The van der Waals surface area contributed by atoms with Crippen LogP contribution in [0.1, 0.15) is 25.0 Å². The van der Waals surface area contributed by atoms with Crippen molar-refractivity contribution < 1.29 is 4.92 Å². The zero-order valence-electron chi connectivity index (χ0n) is 10.2. The van der Waals surface area contributed by atoms with Gasteiger partial charge in [0, 0.05) is 17.2 Å². The SMILES string of the molecule is CNC(C)(C)Cc1cc(C)ccc1[N+](=O)[O-]. The first kappa shape index (κ1) is 12.6. The van der Waals surface area contributed by atoms with Gasteiger partial charge in [0.25, 0.3) is 5.69 Å². The monoisotopic (exact) mass is 222 g/mol. The number of benzene rings is 1. The van der Waals surface area contributed by atoms with Crippen LogP contribution in [0.4, 0.5) is 5.69 Å². The molecule has 0 fully saturated rings. The lowest BCUT2D eigenvalue weighted by atomic mass is 9.93. The molecule has 0 amide bonds. The molecule has 4 nitrogen and oxygen atoms in total. The van der Waals surface area contributed by atoms with Gasteiger partial charge in [-0.2, -0.15) is 0 Å². The zero-order valence-corrected chi connectivity index (χ0v) is 10.2. The molecule has 88 valence electrons. The van der Waals surface area contributed by atoms with Gasteiger partial charge in [0.2, 0.25) is 0 Å². The lowest BCUT2D eigenvalue weighted by Gasteiger charge is -2.23. The summed E-state index contributed by atoms with van der Waals surface area (Å²) in [6.45, 7) is 6.00. The van der Waals surface area contributed by atoms with Crippen molar-refractivity contribution in [1.82, 2.24) is 5.32 Å². The van der Waals surface area contributed by atoms with Gasteiger partial charge in [0.15, 0.2) is 0 Å². The molecule has 0 unspecified atom stereocenters. The topological polar surface area (TPSA) is 55.2 Å². The molecule has 16 heavy (non-hydrogen) atoms. The Kier molecular flexibility index (Phi) is 3.65. The van der Waals surface area contributed by atoms with Gasteiger partial charge in [0.1, 0.15) is 0 Å². The van der Waals surface area contributed by atoms with Crippen molar-refractivity contribution in [2.45, 2.75) is 32.7 Å². The van der Waals surface area contributed by atoms with Crippen molar-refractivity contribution in [3.05, 3.63) is 39.4 Å². The molecule has 0 saturated heterocycles. The number of nitrogens with one attached hydrogen (secondary N) is 1. The molecule has 4 heteroatoms. The first-order valence-electron chi connectivity index (χ1n) is 5.28. The number of hydrogen-bond acceptors (Lipinski definition) is 3. The number of aryl methyl sites for hydroxylation is 1. The summed E-state index contributed by atoms with van der Waals surface area (Å²) < 4.78 is 0. The van der Waals surface area contributed by atoms with E-state index in [1.165, 1.54) is 0 Å². The van der Waals surface area contributed by atoms with Crippen LogP contribution >= 0.6 is 0 Å². The van der Waals surface area contributed by atoms with Gasteiger partial charge >= 0.3 is 0 Å². The highest BCUT2D eigenvalue weighted by molar-refractivity contribution is 5.43. The van der Waals surface area contributed by atoms with Crippen molar-refractivity contribution >= 4 is 5.69 Å². The molecule has 1 aromatic rings. The molecule has 0 radical (unpaired) electrons. The molecule has 1 N–H and O–H groups in total. The van der Waals surface area contributed by atoms with Crippen LogP contribution in [-0.4, -0.2) is 17.5 Å². The second-order valence-corrected chi connectivity index (χ2v) is 4.70. The van der Waals surface area contributed by atoms with Crippen LogP contribution in [0.15, 0.2) is 18.2 Å². The third-order valence-corrected chi connectivity index (χ3v) is 2.74. The minimum absolute atomic E-state index is 0.140. The third kappa shape index (κ3) is 3.03. The second-order valence-electron chi connectivity index (χ2n) is 4.70. The Morgan fingerprint density at radius 3 is 2.56 bits per heavy atom. The van der Waals surface area contributed by atoms with Crippen molar-refractivity contribution in [2.75, 3.05) is 7.05 Å². The molecule has 0 saturated carbocycles. The number of rotatable bonds is 4. The first-order chi connectivity index (χ1) is 7.35. The maximum Gasteiger partial charge on any atom is 0.272 e. The van der Waals surface area contributed by atoms with Gasteiger partial charge in [-0.05, 0) is 40.3 Å². The standard InChI is InChI=1S/C12H18N2O2/c1-9-5-6-11(14(15)16)10(7-9)8-12(2,3)13-4/h5-7,13H,8H2,1-4H3. The van der Waals surface area contributed by atoms with E-state index in [9.17, 15) is 10.1 Å². The van der Waals surface area contributed by atoms with E-state index in [-0.39, 0.29) is 16.1 Å². The van der Waals surface area contributed by atoms with Gasteiger partial charge < -0.3 is 5.32 Å². The van der Waals surface area contributed by atoms with Gasteiger partial charge in [-0.3, -0.25) is 10.1 Å². The molecule has 0 atom stereocenters. The predicted octanol–water partition coefficient (Wildman–Crippen LogP) is 2.44. The smallest absolute Gasteiger partial charge is 0.272 e. The summed E-state index contributed by atoms with van der Waals surface area (Å²) in [7, 11) is 1.86. The molecule has 0 aromatic heterocycles. The fourth-order valence-corrected chi connectivity index (χ4v) is 1.60. The Morgan fingerprint density at radius 2 is 2.06 bits per heavy atom. The van der Waals surface area contributed by atoms with Crippen LogP contribution in [0.2, 0.25) is 0 Å². The van der Waals surface area contributed by atoms with E-state index in [2.05, 4.69) is 5.32 Å². The zero-order chi connectivity index (χ0) is 12.3. The molecule has 1 rings (SSSR count). The van der Waals surface area contributed by atoms with Crippen LogP contribution in [0, 0.1) is 17.0 Å². The van der Waals surface area contributed by atoms with Gasteiger partial charge in [-0.25, -0.2) is 0 Å². The van der Waals surface area contributed by atoms with Gasteiger partial charge in [-0.15, -0.1) is 0 Å². The summed E-state index contributed by atoms with van der Waals surface area (Å²) in [6.07, 6.45) is 0.640. The number of hydrogen-bond donors (Lipinski definition) is 1. The Balaban J connectivity index is 3.10. The number of nitro groups is 1. The minimum atomic E-state index is -0.319. The normalized spacial score (nSPS) is 11.5. The fraction of sp³-hybridized carbons (Fsp3) is 0.500. The molecule has 0 spiro atoms. The van der Waals surface area contributed by atoms with Crippen LogP contribution < -0.4 is 5.32 Å². The molecule has 0 heterocycles. The molecule has 0 bridgehead atoms. The number of likely N-dealkylation sites (N-methyl/N-ethyl adjacent to an activating group) is 1. The summed E-state index contributed by atoms with van der Waals surface area (Å²) >= 11 is 0. The molecule has 1 aromatic carbocycles. The summed E-state index contributed by atoms with van der Waals surface area (Å²) in [6, 6.07) is 5.24. The summed E-state index contributed by atoms with van der Waals surface area (Å²) in [5.74, 6) is 0. The number of nitrogens with zero attached hydrogens (tertiary/aromatic N) is 1. The van der Waals surface area contributed by atoms with Crippen molar-refractivity contribution in [3.63, 3.8) is 0 Å². The predicted molar refractivity (Wildman–Crippen MR) is 64.7 cm³/mol. The van der Waals surface area contributed by atoms with Crippen LogP contribution in [-0.2, 0) is 6.42 Å². The average molecular weight is 222 g/mol. The largest absolute Gasteiger partial charge is 0.314 e. The quantitative estimate of drug-likeness (QED) is 0.629. The van der Waals surface area contributed by atoms with Crippen LogP contribution in [0.3, 0.4) is 0 Å². The molecule has 0 aliphatic rings. The van der Waals surface area contributed by atoms with Crippen molar-refractivity contribution in [3.8, 4) is 0 Å². The summed E-state index contributed by atoms with van der Waals surface area (Å²) in [5, 5.41) is 14.0. The molecular weight excluding hydrogens is 204 g/mol. The van der Waals surface area contributed by atoms with Crippen molar-refractivity contribution in [2.24, 2.45) is 0 Å². The third-order valence-electron chi connectivity index (χ3n) is 2.74. The van der Waals surface area contributed by atoms with Gasteiger partial charge in [-0.1, -0.05) is 11.6 Å². The summed E-state index contributed by atoms with van der Waals surface area (Å²) in [5.41, 5.74) is 1.89. The first-order valence-corrected chi connectivity index (χ1v) is 5.28. The van der Waals surface area contributed by atoms with E-state index in [1.54, 1.807) is 12.1 Å². The van der Waals surface area contributed by atoms with E-state index < -0.39 is 0 Å². The van der Waals surface area contributed by atoms with E-state index in [1.807, 2.05) is 33.9 Å². The Morgan fingerprint density at radius 1 is 1.44 bits per heavy atom. The van der Waals surface area contributed by atoms with Crippen LogP contribution in [0.25, 0.3) is 0 Å². The molecule has 0 aliphatic carbocycles. The van der Waals surface area contributed by atoms with Gasteiger partial charge in [0.05, 0.1) is 4.92 Å². The molecule has 0 aliphatic heterocycles. The van der Waals surface area contributed by atoms with E-state index >= 15 is 0 Å². The average Bonchev–Trinajstić information content (AvgIpc) is 2.16. The lowest BCUT2D eigenvalue weighted by Crippen LogP contribution is -2.38. The maximum atomic E-state index is 10.9. The molecular formula is C12H18N2O2. The van der Waals surface area contributed by atoms with E-state index in [0.29, 0.717) is 6.42 Å². The van der Waals surface area contributed by atoms with E-state index in [0.717, 1.165) is 11.1 Å². The van der Waals surface area contributed by atoms with Crippen molar-refractivity contribution in [1.29, 1.82) is 0 Å². The highest BCUT2D eigenvalue weighted by Crippen LogP contribution is 2.24. The van der Waals surface area contributed by atoms with E-state index in [4.69, 9.17) is 0 Å². The van der Waals surface area contributed by atoms with Crippen LogP contribution in [0.5, 0.6) is 0 Å². The Bertz CT molecular complexity index is 400. The fourth-order valence-electron chi connectivity index (χ4n) is 1.60. The minimum Gasteiger partial charge on any atom is -0.314 e. The second kappa shape index (κ2) is 4.61. The maximum absolute atomic E-state index is 10.9. The Labute approximate surface area is 95.8 Å². The number of nitro benzene ring substituents is 1. The summed E-state index contributed by atoms with van der Waals surface area (Å²) in [4.78, 5) is 10.6. The highest BCUT2D eigenvalue weighted by atomic mass is 16.6. The Hall–Kier alpha value is -1.42.